The Labute approximate surface area is 138 Å². The van der Waals surface area contributed by atoms with E-state index in [2.05, 4.69) is 9.17 Å². The Morgan fingerprint density at radius 3 is 2.29 bits per heavy atom. The number of rotatable bonds is 1. The molecule has 2 N–H and O–H groups in total. The fourth-order valence-electron chi connectivity index (χ4n) is 2.16. The van der Waals surface area contributed by atoms with Crippen molar-refractivity contribution in [3.63, 3.8) is 0 Å². The van der Waals surface area contributed by atoms with Crippen LogP contribution in [0.2, 0.25) is 0 Å². The summed E-state index contributed by atoms with van der Waals surface area (Å²) in [4.78, 5) is 4.54. The van der Waals surface area contributed by atoms with Crippen LogP contribution in [0.15, 0.2) is 30.3 Å². The summed E-state index contributed by atoms with van der Waals surface area (Å²) >= 11 is 0. The molecule has 0 spiro atoms. The van der Waals surface area contributed by atoms with Crippen LogP contribution in [0.4, 0.5) is 0 Å². The Bertz CT molecular complexity index is 1020. The van der Waals surface area contributed by atoms with Gasteiger partial charge in [-0.3, -0.25) is 4.18 Å². The van der Waals surface area contributed by atoms with Crippen molar-refractivity contribution in [3.05, 3.63) is 35.9 Å². The Morgan fingerprint density at radius 1 is 1.12 bits per heavy atom. The van der Waals surface area contributed by atoms with E-state index in [0.29, 0.717) is 0 Å². The number of phenols is 2. The van der Waals surface area contributed by atoms with Gasteiger partial charge < -0.3 is 14.8 Å². The number of phenolic OH excluding ortho intramolecular Hbond substituents is 2. The third-order valence-corrected chi connectivity index (χ3v) is 3.83. The van der Waals surface area contributed by atoms with E-state index in [0.717, 1.165) is 34.7 Å². The molecular weight excluding hydrogens is 336 g/mol. The summed E-state index contributed by atoms with van der Waals surface area (Å²) < 4.78 is 32.9. The third-order valence-electron chi connectivity index (χ3n) is 3.42. The van der Waals surface area contributed by atoms with Gasteiger partial charge in [-0.2, -0.15) is 4.57 Å². The molecule has 3 aromatic rings. The largest absolute Gasteiger partial charge is 0.726 e. The summed E-state index contributed by atoms with van der Waals surface area (Å²) in [5, 5.41) is 19.3. The van der Waals surface area contributed by atoms with E-state index in [9.17, 15) is 23.2 Å². The molecule has 128 valence electrons. The van der Waals surface area contributed by atoms with Crippen LogP contribution in [0.1, 0.15) is 5.56 Å². The molecule has 0 aliphatic heterocycles. The molecule has 1 aromatic heterocycles. The highest BCUT2D eigenvalue weighted by Gasteiger charge is 2.15. The molecule has 0 aliphatic carbocycles. The van der Waals surface area contributed by atoms with E-state index in [-0.39, 0.29) is 11.5 Å². The summed E-state index contributed by atoms with van der Waals surface area (Å²) in [6.07, 6.45) is 0. The summed E-state index contributed by atoms with van der Waals surface area (Å²) in [7, 11) is -1.71. The number of aryl methyl sites for hydroxylation is 2. The SMILES string of the molecule is COS(=O)(=O)[O-].Cc1cc2nc3ccc(O)cc3[n+](C)c2cc1O. The second-order valence-electron chi connectivity index (χ2n) is 5.05. The van der Waals surface area contributed by atoms with Gasteiger partial charge in [0.15, 0.2) is 0 Å². The molecule has 0 saturated carbocycles. The smallest absolute Gasteiger partial charge is 0.235 e. The highest BCUT2D eigenvalue weighted by molar-refractivity contribution is 7.80. The molecule has 0 bridgehead atoms. The Hall–Kier alpha value is -2.49. The molecule has 1 heterocycles. The quantitative estimate of drug-likeness (QED) is 0.290. The van der Waals surface area contributed by atoms with Gasteiger partial charge in [0.05, 0.1) is 19.2 Å². The van der Waals surface area contributed by atoms with Gasteiger partial charge in [-0.05, 0) is 30.7 Å². The maximum Gasteiger partial charge on any atom is 0.235 e. The zero-order chi connectivity index (χ0) is 18.1. The molecular formula is C15H16N2O6S. The van der Waals surface area contributed by atoms with E-state index < -0.39 is 10.4 Å². The first-order valence-electron chi connectivity index (χ1n) is 6.76. The van der Waals surface area contributed by atoms with Crippen LogP contribution in [-0.2, 0) is 21.6 Å². The highest BCUT2D eigenvalue weighted by atomic mass is 32.3. The normalized spacial score (nSPS) is 11.3. The third kappa shape index (κ3) is 3.88. The number of benzene rings is 2. The minimum Gasteiger partial charge on any atom is -0.726 e. The summed E-state index contributed by atoms with van der Waals surface area (Å²) in [5.74, 6) is 0.454. The Morgan fingerprint density at radius 2 is 1.71 bits per heavy atom. The van der Waals surface area contributed by atoms with Crippen molar-refractivity contribution in [1.82, 2.24) is 4.98 Å². The van der Waals surface area contributed by atoms with Crippen LogP contribution in [-0.4, -0.2) is 35.3 Å². The molecule has 8 nitrogen and oxygen atoms in total. The molecule has 0 radical (unpaired) electrons. The zero-order valence-corrected chi connectivity index (χ0v) is 14.0. The van der Waals surface area contributed by atoms with E-state index in [1.807, 2.05) is 24.6 Å². The maximum absolute atomic E-state index is 9.78. The van der Waals surface area contributed by atoms with Gasteiger partial charge in [0.25, 0.3) is 0 Å². The van der Waals surface area contributed by atoms with Crippen molar-refractivity contribution in [2.75, 3.05) is 7.11 Å². The number of aromatic hydroxyl groups is 2. The van der Waals surface area contributed by atoms with Crippen LogP contribution in [0.5, 0.6) is 11.5 Å². The van der Waals surface area contributed by atoms with Crippen LogP contribution < -0.4 is 4.57 Å². The molecule has 0 aliphatic rings. The highest BCUT2D eigenvalue weighted by Crippen LogP contribution is 2.23. The van der Waals surface area contributed by atoms with E-state index in [4.69, 9.17) is 0 Å². The Kier molecular flexibility index (Phi) is 4.88. The average Bonchev–Trinajstić information content (AvgIpc) is 2.50. The predicted molar refractivity (Wildman–Crippen MR) is 85.2 cm³/mol. The first-order valence-corrected chi connectivity index (χ1v) is 8.09. The number of aromatic nitrogens is 2. The molecule has 0 unspecified atom stereocenters. The van der Waals surface area contributed by atoms with Gasteiger partial charge in [-0.15, -0.1) is 0 Å². The maximum atomic E-state index is 9.78. The minimum atomic E-state index is -4.41. The average molecular weight is 352 g/mol. The lowest BCUT2D eigenvalue weighted by Crippen LogP contribution is -2.30. The molecule has 2 aromatic carbocycles. The monoisotopic (exact) mass is 352 g/mol. The molecule has 9 heteroatoms. The first-order chi connectivity index (χ1) is 11.1. The summed E-state index contributed by atoms with van der Waals surface area (Å²) in [5.41, 5.74) is 4.09. The van der Waals surface area contributed by atoms with Gasteiger partial charge in [0, 0.05) is 0 Å². The van der Waals surface area contributed by atoms with E-state index in [1.165, 1.54) is 0 Å². The second kappa shape index (κ2) is 6.56. The molecule has 3 rings (SSSR count). The predicted octanol–water partition coefficient (Wildman–Crippen LogP) is 1.03. The van der Waals surface area contributed by atoms with Crippen molar-refractivity contribution in [2.24, 2.45) is 7.05 Å². The standard InChI is InChI=1S/C14H12N2O2.CH4O4S/c1-8-5-11-13(7-14(8)18)16(2)12-6-9(17)3-4-10(12)15-11;1-5-6(2,3)4/h3-7H,1-2H3,(H,17,18);1H3,(H,2,3,4). The lowest BCUT2D eigenvalue weighted by molar-refractivity contribution is -0.618. The van der Waals surface area contributed by atoms with Gasteiger partial charge in [0.2, 0.25) is 21.4 Å². The molecule has 0 fully saturated rings. The lowest BCUT2D eigenvalue weighted by Gasteiger charge is -2.04. The van der Waals surface area contributed by atoms with Gasteiger partial charge in [-0.25, -0.2) is 13.4 Å². The van der Waals surface area contributed by atoms with Gasteiger partial charge in [-0.1, -0.05) is 0 Å². The van der Waals surface area contributed by atoms with Crippen molar-refractivity contribution in [3.8, 4) is 11.5 Å². The van der Waals surface area contributed by atoms with Gasteiger partial charge >= 0.3 is 0 Å². The van der Waals surface area contributed by atoms with Crippen LogP contribution in [0.25, 0.3) is 22.1 Å². The first kappa shape index (κ1) is 17.9. The number of nitrogens with zero attached hydrogens (tertiary/aromatic N) is 2. The number of hydrogen-bond acceptors (Lipinski definition) is 7. The van der Waals surface area contributed by atoms with E-state index >= 15 is 0 Å². The second-order valence-corrected chi connectivity index (χ2v) is 6.20. The van der Waals surface area contributed by atoms with Crippen molar-refractivity contribution in [1.29, 1.82) is 0 Å². The fourth-order valence-corrected chi connectivity index (χ4v) is 2.16. The fraction of sp³-hybridized carbons (Fsp3) is 0.200. The minimum absolute atomic E-state index is 0.204. The number of fused-ring (bicyclic) bond motifs is 2. The zero-order valence-electron chi connectivity index (χ0n) is 13.2. The summed E-state index contributed by atoms with van der Waals surface area (Å²) in [6, 6.07) is 8.62. The van der Waals surface area contributed by atoms with Gasteiger partial charge in [0.1, 0.15) is 29.6 Å². The van der Waals surface area contributed by atoms with Crippen LogP contribution in [0, 0.1) is 6.92 Å². The summed E-state index contributed by atoms with van der Waals surface area (Å²) in [6.45, 7) is 1.84. The van der Waals surface area contributed by atoms with Crippen LogP contribution >= 0.6 is 0 Å². The molecule has 0 saturated heterocycles. The van der Waals surface area contributed by atoms with Crippen LogP contribution in [0.3, 0.4) is 0 Å². The van der Waals surface area contributed by atoms with E-state index in [1.54, 1.807) is 24.3 Å². The Balaban J connectivity index is 0.000000301. The van der Waals surface area contributed by atoms with Crippen molar-refractivity contribution < 1.29 is 31.9 Å². The molecule has 0 atom stereocenters. The molecule has 0 amide bonds. The number of hydrogen-bond donors (Lipinski definition) is 2. The molecule has 24 heavy (non-hydrogen) atoms. The topological polar surface area (TPSA) is 124 Å². The van der Waals surface area contributed by atoms with Crippen molar-refractivity contribution >= 4 is 32.5 Å². The lowest BCUT2D eigenvalue weighted by atomic mass is 10.1. The van der Waals surface area contributed by atoms with Crippen molar-refractivity contribution in [2.45, 2.75) is 6.92 Å².